The predicted molar refractivity (Wildman–Crippen MR) is 108 cm³/mol. The first-order chi connectivity index (χ1) is 10.9. The fourth-order valence-electron chi connectivity index (χ4n) is 2.46. The molecule has 3 aromatic rings. The van der Waals surface area contributed by atoms with Crippen molar-refractivity contribution in [2.24, 2.45) is 0 Å². The molecule has 0 radical (unpaired) electrons. The molecule has 2 aromatic carbocycles. The van der Waals surface area contributed by atoms with E-state index in [0.717, 1.165) is 5.39 Å². The van der Waals surface area contributed by atoms with Crippen LogP contribution >= 0.6 is 56.8 Å². The number of halogens is 3. The monoisotopic (exact) mass is 552 g/mol. The molecule has 0 aliphatic heterocycles. The van der Waals surface area contributed by atoms with Crippen molar-refractivity contribution < 1.29 is 14.3 Å². The summed E-state index contributed by atoms with van der Waals surface area (Å²) in [4.78, 5) is 13.0. The van der Waals surface area contributed by atoms with E-state index in [2.05, 4.69) is 0 Å². The van der Waals surface area contributed by atoms with E-state index < -0.39 is 0 Å². The molecule has 0 atom stereocenters. The Hall–Kier alpha value is -0.800. The van der Waals surface area contributed by atoms with E-state index in [4.69, 9.17) is 16.0 Å². The van der Waals surface area contributed by atoms with Crippen LogP contribution in [0.15, 0.2) is 34.7 Å². The van der Waals surface area contributed by atoms with Gasteiger partial charge in [-0.1, -0.05) is 18.5 Å². The van der Waals surface area contributed by atoms with Crippen LogP contribution < -0.4 is 0 Å². The van der Waals surface area contributed by atoms with Gasteiger partial charge in [-0.05, 0) is 69.4 Å². The van der Waals surface area contributed by atoms with Gasteiger partial charge >= 0.3 is 0 Å². The molecule has 0 aliphatic carbocycles. The molecule has 0 saturated carbocycles. The number of aromatic hydroxyl groups is 1. The molecular weight excluding hydrogens is 541 g/mol. The van der Waals surface area contributed by atoms with E-state index >= 15 is 0 Å². The Labute approximate surface area is 165 Å². The fourth-order valence-corrected chi connectivity index (χ4v) is 4.39. The van der Waals surface area contributed by atoms with Gasteiger partial charge in [0.1, 0.15) is 17.1 Å². The lowest BCUT2D eigenvalue weighted by Crippen LogP contribution is -2.04. The normalized spacial score (nSPS) is 11.1. The van der Waals surface area contributed by atoms with Gasteiger partial charge in [0.05, 0.1) is 12.7 Å². The molecule has 3 nitrogen and oxygen atoms in total. The lowest BCUT2D eigenvalue weighted by atomic mass is 9.99. The maximum Gasteiger partial charge on any atom is 0.197 e. The summed E-state index contributed by atoms with van der Waals surface area (Å²) in [5.41, 5.74) is 1.71. The Morgan fingerprint density at radius 3 is 2.48 bits per heavy atom. The standard InChI is InChI=1S/C17H11ClI2O3/c1-2-13-15(10-4-3-9(18)7-14(10)23-13)16(21)8-5-11(19)17(22)12(20)6-8/h3-7,22H,2H2,1H3. The van der Waals surface area contributed by atoms with Crippen molar-refractivity contribution in [3.05, 3.63) is 59.4 Å². The topological polar surface area (TPSA) is 50.4 Å². The maximum atomic E-state index is 13.0. The third-order valence-electron chi connectivity index (χ3n) is 3.55. The summed E-state index contributed by atoms with van der Waals surface area (Å²) in [5.74, 6) is 0.728. The molecule has 1 N–H and O–H groups in total. The summed E-state index contributed by atoms with van der Waals surface area (Å²) in [6, 6.07) is 8.66. The maximum absolute atomic E-state index is 13.0. The number of ketones is 1. The number of aryl methyl sites for hydroxylation is 1. The van der Waals surface area contributed by atoms with Crippen LogP contribution in [0, 0.1) is 7.14 Å². The minimum Gasteiger partial charge on any atom is -0.506 e. The molecule has 0 bridgehead atoms. The summed E-state index contributed by atoms with van der Waals surface area (Å²) >= 11 is 10.0. The van der Waals surface area contributed by atoms with Crippen molar-refractivity contribution in [2.75, 3.05) is 0 Å². The Kier molecular flexibility index (Phi) is 4.89. The average Bonchev–Trinajstić information content (AvgIpc) is 2.88. The number of hydrogen-bond acceptors (Lipinski definition) is 3. The quantitative estimate of drug-likeness (QED) is 0.331. The predicted octanol–water partition coefficient (Wildman–Crippen LogP) is 5.79. The first-order valence-electron chi connectivity index (χ1n) is 6.86. The third kappa shape index (κ3) is 3.10. The van der Waals surface area contributed by atoms with Gasteiger partial charge in [0.25, 0.3) is 0 Å². The van der Waals surface area contributed by atoms with Crippen molar-refractivity contribution in [3.63, 3.8) is 0 Å². The van der Waals surface area contributed by atoms with Gasteiger partial charge in [-0.25, -0.2) is 0 Å². The van der Waals surface area contributed by atoms with Gasteiger partial charge < -0.3 is 9.52 Å². The number of phenols is 1. The summed E-state index contributed by atoms with van der Waals surface area (Å²) < 4.78 is 7.09. The van der Waals surface area contributed by atoms with Crippen molar-refractivity contribution in [1.82, 2.24) is 0 Å². The van der Waals surface area contributed by atoms with Crippen LogP contribution in [0.25, 0.3) is 11.0 Å². The molecule has 6 heteroatoms. The summed E-state index contributed by atoms with van der Waals surface area (Å²) in [5, 5.41) is 11.2. The number of carbonyl (C=O) groups is 1. The van der Waals surface area contributed by atoms with E-state index in [9.17, 15) is 9.90 Å². The lowest BCUT2D eigenvalue weighted by Gasteiger charge is -2.06. The van der Waals surface area contributed by atoms with Crippen LogP contribution in [0.1, 0.15) is 28.6 Å². The summed E-state index contributed by atoms with van der Waals surface area (Å²) in [7, 11) is 0. The number of phenolic OH excluding ortho intramolecular Hbond substituents is 1. The number of fused-ring (bicyclic) bond motifs is 1. The van der Waals surface area contributed by atoms with Crippen LogP contribution in [0.5, 0.6) is 5.75 Å². The van der Waals surface area contributed by atoms with Gasteiger partial charge in [-0.2, -0.15) is 0 Å². The smallest absolute Gasteiger partial charge is 0.197 e. The van der Waals surface area contributed by atoms with E-state index in [1.165, 1.54) is 0 Å². The number of benzene rings is 2. The Morgan fingerprint density at radius 2 is 1.87 bits per heavy atom. The van der Waals surface area contributed by atoms with Gasteiger partial charge in [0, 0.05) is 28.5 Å². The highest BCUT2D eigenvalue weighted by molar-refractivity contribution is 14.1. The second-order valence-electron chi connectivity index (χ2n) is 5.01. The Morgan fingerprint density at radius 1 is 1.22 bits per heavy atom. The van der Waals surface area contributed by atoms with Crippen molar-refractivity contribution in [3.8, 4) is 5.75 Å². The van der Waals surface area contributed by atoms with Crippen LogP contribution in [-0.4, -0.2) is 10.9 Å². The molecule has 0 spiro atoms. The van der Waals surface area contributed by atoms with Crippen LogP contribution in [0.4, 0.5) is 0 Å². The fraction of sp³-hybridized carbons (Fsp3) is 0.118. The minimum atomic E-state index is -0.112. The van der Waals surface area contributed by atoms with Crippen LogP contribution in [0.2, 0.25) is 5.02 Å². The van der Waals surface area contributed by atoms with Crippen LogP contribution in [-0.2, 0) is 6.42 Å². The second kappa shape index (κ2) is 6.60. The molecule has 0 saturated heterocycles. The third-order valence-corrected chi connectivity index (χ3v) is 5.43. The van der Waals surface area contributed by atoms with Gasteiger partial charge in [0.15, 0.2) is 5.78 Å². The highest BCUT2D eigenvalue weighted by Crippen LogP contribution is 2.33. The van der Waals surface area contributed by atoms with Gasteiger partial charge in [-0.15, -0.1) is 0 Å². The summed E-state index contributed by atoms with van der Waals surface area (Å²) in [6.45, 7) is 1.94. The second-order valence-corrected chi connectivity index (χ2v) is 7.77. The van der Waals surface area contributed by atoms with Gasteiger partial charge in [0.2, 0.25) is 0 Å². The lowest BCUT2D eigenvalue weighted by molar-refractivity contribution is 0.103. The molecule has 0 unspecified atom stereocenters. The highest BCUT2D eigenvalue weighted by Gasteiger charge is 2.22. The minimum absolute atomic E-state index is 0.112. The first kappa shape index (κ1) is 17.0. The number of rotatable bonds is 3. The average molecular weight is 553 g/mol. The molecular formula is C17H11ClI2O3. The Bertz CT molecular complexity index is 908. The molecule has 3 rings (SSSR count). The molecule has 118 valence electrons. The first-order valence-corrected chi connectivity index (χ1v) is 9.39. The zero-order chi connectivity index (χ0) is 16.7. The number of furan rings is 1. The van der Waals surface area contributed by atoms with E-state index in [1.54, 1.807) is 24.3 Å². The van der Waals surface area contributed by atoms with Crippen molar-refractivity contribution in [1.29, 1.82) is 0 Å². The molecule has 0 fully saturated rings. The SMILES string of the molecule is CCc1oc2cc(Cl)ccc2c1C(=O)c1cc(I)c(O)c(I)c1. The van der Waals surface area contributed by atoms with Crippen LogP contribution in [0.3, 0.4) is 0 Å². The molecule has 1 aromatic heterocycles. The number of carbonyl (C=O) groups excluding carboxylic acids is 1. The Balaban J connectivity index is 2.21. The van der Waals surface area contributed by atoms with E-state index in [-0.39, 0.29) is 11.5 Å². The van der Waals surface area contributed by atoms with E-state index in [1.807, 2.05) is 58.2 Å². The highest BCUT2D eigenvalue weighted by atomic mass is 127. The zero-order valence-corrected chi connectivity index (χ0v) is 17.1. The molecule has 0 aliphatic rings. The number of hydrogen-bond donors (Lipinski definition) is 1. The molecule has 0 amide bonds. The van der Waals surface area contributed by atoms with Crippen molar-refractivity contribution >= 4 is 73.5 Å². The van der Waals surface area contributed by atoms with Crippen molar-refractivity contribution in [2.45, 2.75) is 13.3 Å². The van der Waals surface area contributed by atoms with E-state index in [0.29, 0.717) is 41.1 Å². The molecule has 23 heavy (non-hydrogen) atoms. The zero-order valence-electron chi connectivity index (χ0n) is 12.0. The summed E-state index contributed by atoms with van der Waals surface area (Å²) in [6.07, 6.45) is 0.611. The van der Waals surface area contributed by atoms with Gasteiger partial charge in [-0.3, -0.25) is 4.79 Å². The largest absolute Gasteiger partial charge is 0.506 e. The molecule has 1 heterocycles.